The van der Waals surface area contributed by atoms with E-state index in [1.165, 1.54) is 11.3 Å². The highest BCUT2D eigenvalue weighted by atomic mass is 35.5. The van der Waals surface area contributed by atoms with Crippen molar-refractivity contribution in [2.75, 3.05) is 11.4 Å². The molecule has 0 saturated heterocycles. The normalized spacial score (nSPS) is 13.8. The lowest BCUT2D eigenvalue weighted by molar-refractivity contribution is 0.705. The van der Waals surface area contributed by atoms with Gasteiger partial charge in [0.2, 0.25) is 0 Å². The Labute approximate surface area is 156 Å². The van der Waals surface area contributed by atoms with Crippen molar-refractivity contribution in [1.82, 2.24) is 20.2 Å². The largest absolute Gasteiger partial charge is 0.352 e. The Balaban J connectivity index is 1.68. The molecule has 0 fully saturated rings. The molecule has 7 heteroatoms. The van der Waals surface area contributed by atoms with Crippen molar-refractivity contribution >= 4 is 29.0 Å². The van der Waals surface area contributed by atoms with Gasteiger partial charge >= 0.3 is 0 Å². The van der Waals surface area contributed by atoms with Crippen LogP contribution in [0, 0.1) is 0 Å². The van der Waals surface area contributed by atoms with Gasteiger partial charge < -0.3 is 4.90 Å². The lowest BCUT2D eigenvalue weighted by atomic mass is 10.0. The van der Waals surface area contributed by atoms with Gasteiger partial charge in [-0.05, 0) is 12.1 Å². The van der Waals surface area contributed by atoms with Crippen molar-refractivity contribution in [3.8, 4) is 11.3 Å². The molecule has 0 radical (unpaired) electrons. The zero-order valence-corrected chi connectivity index (χ0v) is 15.3. The third-order valence-electron chi connectivity index (χ3n) is 4.42. The standard InChI is InChI=1S/C18H17Cl2N5/c1-2-16-21-15(20)9-17(22-16)25-8-7-14-13(10-25)18(24-23-14)11-3-5-12(19)6-4-11/h3-6,9H,2,7-8,10H2,1H3,(H,23,24). The number of benzene rings is 1. The van der Waals surface area contributed by atoms with E-state index in [0.29, 0.717) is 5.15 Å². The number of nitrogens with zero attached hydrogens (tertiary/aromatic N) is 4. The molecule has 3 aromatic rings. The topological polar surface area (TPSA) is 57.7 Å². The van der Waals surface area contributed by atoms with Gasteiger partial charge in [0.25, 0.3) is 0 Å². The van der Waals surface area contributed by atoms with E-state index in [9.17, 15) is 0 Å². The molecular formula is C18H17Cl2N5. The highest BCUT2D eigenvalue weighted by Gasteiger charge is 2.24. The summed E-state index contributed by atoms with van der Waals surface area (Å²) in [5.41, 5.74) is 4.39. The van der Waals surface area contributed by atoms with Gasteiger partial charge in [0, 0.05) is 53.8 Å². The Bertz CT molecular complexity index is 904. The predicted molar refractivity (Wildman–Crippen MR) is 100 cm³/mol. The van der Waals surface area contributed by atoms with Crippen LogP contribution in [0.2, 0.25) is 10.2 Å². The predicted octanol–water partition coefficient (Wildman–Crippen LogP) is 4.30. The first kappa shape index (κ1) is 16.4. The lowest BCUT2D eigenvalue weighted by Crippen LogP contribution is -2.31. The van der Waals surface area contributed by atoms with Crippen LogP contribution in [0.1, 0.15) is 24.0 Å². The molecule has 1 aliphatic heterocycles. The second-order valence-corrected chi connectivity index (χ2v) is 6.85. The molecule has 0 atom stereocenters. The van der Waals surface area contributed by atoms with Crippen LogP contribution >= 0.6 is 23.2 Å². The molecule has 5 nitrogen and oxygen atoms in total. The van der Waals surface area contributed by atoms with E-state index < -0.39 is 0 Å². The molecular weight excluding hydrogens is 357 g/mol. The second kappa shape index (κ2) is 6.65. The molecule has 0 spiro atoms. The first-order valence-electron chi connectivity index (χ1n) is 8.24. The van der Waals surface area contributed by atoms with Gasteiger partial charge in [-0.1, -0.05) is 42.3 Å². The highest BCUT2D eigenvalue weighted by Crippen LogP contribution is 2.31. The second-order valence-electron chi connectivity index (χ2n) is 6.03. The summed E-state index contributed by atoms with van der Waals surface area (Å²) >= 11 is 12.2. The number of H-pyrrole nitrogens is 1. The fourth-order valence-electron chi connectivity index (χ4n) is 3.11. The molecule has 1 aromatic carbocycles. The fourth-order valence-corrected chi connectivity index (χ4v) is 3.43. The molecule has 25 heavy (non-hydrogen) atoms. The van der Waals surface area contributed by atoms with Crippen LogP contribution in [0.4, 0.5) is 5.82 Å². The van der Waals surface area contributed by atoms with E-state index in [0.717, 1.165) is 53.9 Å². The minimum Gasteiger partial charge on any atom is -0.352 e. The summed E-state index contributed by atoms with van der Waals surface area (Å²) in [6, 6.07) is 9.59. The molecule has 0 unspecified atom stereocenters. The van der Waals surface area contributed by atoms with Gasteiger partial charge in [-0.15, -0.1) is 0 Å². The molecule has 2 aromatic heterocycles. The summed E-state index contributed by atoms with van der Waals surface area (Å²) < 4.78 is 0. The summed E-state index contributed by atoms with van der Waals surface area (Å²) in [7, 11) is 0. The van der Waals surface area contributed by atoms with E-state index in [1.807, 2.05) is 37.3 Å². The van der Waals surface area contributed by atoms with Crippen LogP contribution in [0.25, 0.3) is 11.3 Å². The first-order valence-corrected chi connectivity index (χ1v) is 9.00. The van der Waals surface area contributed by atoms with E-state index in [-0.39, 0.29) is 0 Å². The minimum atomic E-state index is 0.484. The van der Waals surface area contributed by atoms with E-state index in [1.54, 1.807) is 0 Å². The fraction of sp³-hybridized carbons (Fsp3) is 0.278. The maximum Gasteiger partial charge on any atom is 0.134 e. The molecule has 1 N–H and O–H groups in total. The van der Waals surface area contributed by atoms with Gasteiger partial charge in [0.15, 0.2) is 0 Å². The highest BCUT2D eigenvalue weighted by molar-refractivity contribution is 6.30. The third kappa shape index (κ3) is 3.22. The molecule has 1 aliphatic rings. The van der Waals surface area contributed by atoms with Crippen LogP contribution < -0.4 is 4.90 Å². The third-order valence-corrected chi connectivity index (χ3v) is 4.86. The lowest BCUT2D eigenvalue weighted by Gasteiger charge is -2.28. The first-order chi connectivity index (χ1) is 12.1. The number of aryl methyl sites for hydroxylation is 1. The summed E-state index contributed by atoms with van der Waals surface area (Å²) in [6.45, 7) is 3.63. The average molecular weight is 374 g/mol. The number of nitrogens with one attached hydrogen (secondary N) is 1. The van der Waals surface area contributed by atoms with Crippen LogP contribution in [-0.4, -0.2) is 26.7 Å². The zero-order valence-electron chi connectivity index (χ0n) is 13.8. The number of aromatic nitrogens is 4. The number of rotatable bonds is 3. The Kier molecular flexibility index (Phi) is 4.36. The molecule has 4 rings (SSSR count). The monoisotopic (exact) mass is 373 g/mol. The van der Waals surface area contributed by atoms with Crippen LogP contribution in [0.3, 0.4) is 0 Å². The summed E-state index contributed by atoms with van der Waals surface area (Å²) in [5, 5.41) is 8.90. The molecule has 0 bridgehead atoms. The van der Waals surface area contributed by atoms with E-state index in [4.69, 9.17) is 23.2 Å². The maximum atomic E-state index is 6.16. The average Bonchev–Trinajstić information content (AvgIpc) is 3.05. The van der Waals surface area contributed by atoms with Crippen LogP contribution in [-0.2, 0) is 19.4 Å². The van der Waals surface area contributed by atoms with Crippen molar-refractivity contribution in [1.29, 1.82) is 0 Å². The number of fused-ring (bicyclic) bond motifs is 1. The van der Waals surface area contributed by atoms with Gasteiger partial charge in [0.1, 0.15) is 16.8 Å². The number of anilines is 1. The summed E-state index contributed by atoms with van der Waals surface area (Å²) in [6.07, 6.45) is 1.65. The number of aromatic amines is 1. The van der Waals surface area contributed by atoms with Gasteiger partial charge in [0.05, 0.1) is 5.69 Å². The van der Waals surface area contributed by atoms with Crippen molar-refractivity contribution in [2.45, 2.75) is 26.3 Å². The number of hydrogen-bond donors (Lipinski definition) is 1. The summed E-state index contributed by atoms with van der Waals surface area (Å²) in [4.78, 5) is 11.1. The molecule has 0 aliphatic carbocycles. The van der Waals surface area contributed by atoms with Crippen LogP contribution in [0.15, 0.2) is 30.3 Å². The Morgan fingerprint density at radius 3 is 2.72 bits per heavy atom. The van der Waals surface area contributed by atoms with Crippen LogP contribution in [0.5, 0.6) is 0 Å². The SMILES string of the molecule is CCc1nc(Cl)cc(N2CCc3[nH]nc(-c4ccc(Cl)cc4)c3C2)n1. The smallest absolute Gasteiger partial charge is 0.134 e. The maximum absolute atomic E-state index is 6.16. The van der Waals surface area contributed by atoms with E-state index in [2.05, 4.69) is 25.1 Å². The van der Waals surface area contributed by atoms with Gasteiger partial charge in [-0.2, -0.15) is 5.10 Å². The van der Waals surface area contributed by atoms with E-state index >= 15 is 0 Å². The Morgan fingerprint density at radius 2 is 1.96 bits per heavy atom. The van der Waals surface area contributed by atoms with Crippen molar-refractivity contribution < 1.29 is 0 Å². The van der Waals surface area contributed by atoms with Crippen molar-refractivity contribution in [3.63, 3.8) is 0 Å². The van der Waals surface area contributed by atoms with Gasteiger partial charge in [-0.25, -0.2) is 9.97 Å². The summed E-state index contributed by atoms with van der Waals surface area (Å²) in [5.74, 6) is 1.63. The Morgan fingerprint density at radius 1 is 1.16 bits per heavy atom. The van der Waals surface area contributed by atoms with Crippen molar-refractivity contribution in [3.05, 3.63) is 57.6 Å². The molecule has 128 valence electrons. The zero-order chi connectivity index (χ0) is 17.4. The number of halogens is 2. The van der Waals surface area contributed by atoms with Gasteiger partial charge in [-0.3, -0.25) is 5.10 Å². The molecule has 0 saturated carbocycles. The minimum absolute atomic E-state index is 0.484. The molecule has 0 amide bonds. The molecule has 3 heterocycles. The quantitative estimate of drug-likeness (QED) is 0.695. The Hall–Kier alpha value is -2.11. The van der Waals surface area contributed by atoms with Crippen molar-refractivity contribution in [2.24, 2.45) is 0 Å². The number of hydrogen-bond acceptors (Lipinski definition) is 4.